The van der Waals surface area contributed by atoms with Gasteiger partial charge in [0.15, 0.2) is 0 Å². The first kappa shape index (κ1) is 13.5. The Morgan fingerprint density at radius 2 is 2.11 bits per heavy atom. The number of nitro benzene ring substituents is 1. The highest BCUT2D eigenvalue weighted by molar-refractivity contribution is 7.07. The van der Waals surface area contributed by atoms with Gasteiger partial charge in [-0.15, -0.1) is 11.3 Å². The highest BCUT2D eigenvalue weighted by atomic mass is 32.1. The minimum atomic E-state index is -0.354. The van der Waals surface area contributed by atoms with E-state index in [1.54, 1.807) is 18.5 Å². The molecule has 0 aliphatic rings. The Morgan fingerprint density at radius 1 is 1.37 bits per heavy atom. The number of aromatic nitrogens is 1. The quantitative estimate of drug-likeness (QED) is 0.681. The zero-order chi connectivity index (χ0) is 14.0. The first-order valence-corrected chi connectivity index (χ1v) is 6.83. The predicted octanol–water partition coefficient (Wildman–Crippen LogP) is 3.84. The number of hydrogen-bond acceptors (Lipinski definition) is 5. The van der Waals surface area contributed by atoms with Crippen molar-refractivity contribution in [3.63, 3.8) is 0 Å². The van der Waals surface area contributed by atoms with Gasteiger partial charge in [0.1, 0.15) is 0 Å². The van der Waals surface area contributed by atoms with Crippen LogP contribution in [0.25, 0.3) is 0 Å². The maximum absolute atomic E-state index is 11.0. The lowest BCUT2D eigenvalue weighted by atomic mass is 10.1. The van der Waals surface area contributed by atoms with Crippen LogP contribution in [-0.2, 0) is 0 Å². The number of benzene rings is 1. The van der Waals surface area contributed by atoms with E-state index in [1.165, 1.54) is 11.3 Å². The molecule has 2 rings (SSSR count). The lowest BCUT2D eigenvalue weighted by molar-refractivity contribution is -0.385. The molecule has 1 aromatic carbocycles. The summed E-state index contributed by atoms with van der Waals surface area (Å²) in [4.78, 5) is 14.9. The van der Waals surface area contributed by atoms with Crippen LogP contribution in [0.3, 0.4) is 0 Å². The van der Waals surface area contributed by atoms with Crippen molar-refractivity contribution in [2.24, 2.45) is 0 Å². The lowest BCUT2D eigenvalue weighted by Crippen LogP contribution is -2.08. The summed E-state index contributed by atoms with van der Waals surface area (Å²) in [6, 6.07) is 3.44. The van der Waals surface area contributed by atoms with E-state index in [9.17, 15) is 10.1 Å². The van der Waals surface area contributed by atoms with Gasteiger partial charge in [-0.3, -0.25) is 10.1 Å². The summed E-state index contributed by atoms with van der Waals surface area (Å²) >= 11 is 1.53. The van der Waals surface area contributed by atoms with Crippen molar-refractivity contribution in [1.29, 1.82) is 0 Å². The summed E-state index contributed by atoms with van der Waals surface area (Å²) in [5.41, 5.74) is 5.29. The summed E-state index contributed by atoms with van der Waals surface area (Å²) in [7, 11) is 0. The van der Waals surface area contributed by atoms with Crippen LogP contribution in [0.15, 0.2) is 23.0 Å². The summed E-state index contributed by atoms with van der Waals surface area (Å²) in [5, 5.41) is 16.2. The van der Waals surface area contributed by atoms with Crippen LogP contribution in [0.5, 0.6) is 0 Å². The summed E-state index contributed by atoms with van der Waals surface area (Å²) < 4.78 is 0. The molecule has 0 fully saturated rings. The van der Waals surface area contributed by atoms with Gasteiger partial charge in [-0.2, -0.15) is 0 Å². The maximum Gasteiger partial charge on any atom is 0.274 e. The van der Waals surface area contributed by atoms with Crippen molar-refractivity contribution < 1.29 is 4.92 Å². The largest absolute Gasteiger partial charge is 0.376 e. The first-order chi connectivity index (χ1) is 8.99. The minimum Gasteiger partial charge on any atom is -0.376 e. The van der Waals surface area contributed by atoms with E-state index in [4.69, 9.17) is 0 Å². The molecule has 6 heteroatoms. The van der Waals surface area contributed by atoms with Crippen molar-refractivity contribution in [2.45, 2.75) is 26.8 Å². The van der Waals surface area contributed by atoms with E-state index in [0.717, 1.165) is 16.9 Å². The third-order valence-corrected chi connectivity index (χ3v) is 3.61. The van der Waals surface area contributed by atoms with Gasteiger partial charge in [0, 0.05) is 22.7 Å². The Labute approximate surface area is 115 Å². The van der Waals surface area contributed by atoms with Crippen LogP contribution >= 0.6 is 11.3 Å². The average Bonchev–Trinajstić information content (AvgIpc) is 2.85. The van der Waals surface area contributed by atoms with Gasteiger partial charge in [-0.1, -0.05) is 0 Å². The van der Waals surface area contributed by atoms with Gasteiger partial charge in [-0.25, -0.2) is 4.98 Å². The van der Waals surface area contributed by atoms with Crippen molar-refractivity contribution >= 4 is 22.7 Å². The molecule has 5 nitrogen and oxygen atoms in total. The van der Waals surface area contributed by atoms with Gasteiger partial charge in [0.05, 0.1) is 22.2 Å². The Morgan fingerprint density at radius 3 is 2.68 bits per heavy atom. The fourth-order valence-corrected chi connectivity index (χ4v) is 2.58. The molecule has 0 amide bonds. The Balaban J connectivity index is 2.30. The van der Waals surface area contributed by atoms with Gasteiger partial charge < -0.3 is 5.32 Å². The predicted molar refractivity (Wildman–Crippen MR) is 76.7 cm³/mol. The number of aryl methyl sites for hydroxylation is 2. The molecule has 19 heavy (non-hydrogen) atoms. The van der Waals surface area contributed by atoms with Gasteiger partial charge in [0.2, 0.25) is 0 Å². The van der Waals surface area contributed by atoms with Crippen LogP contribution in [0.1, 0.15) is 29.8 Å². The molecule has 2 aromatic rings. The molecule has 1 aromatic heterocycles. The zero-order valence-electron chi connectivity index (χ0n) is 11.0. The van der Waals surface area contributed by atoms with Gasteiger partial charge >= 0.3 is 0 Å². The topological polar surface area (TPSA) is 68.1 Å². The van der Waals surface area contributed by atoms with Crippen LogP contribution < -0.4 is 5.32 Å². The number of nitro groups is 1. The fourth-order valence-electron chi connectivity index (χ4n) is 1.94. The van der Waals surface area contributed by atoms with Crippen molar-refractivity contribution in [1.82, 2.24) is 4.98 Å². The number of hydrogen-bond donors (Lipinski definition) is 1. The number of nitrogens with one attached hydrogen (secondary N) is 1. The van der Waals surface area contributed by atoms with E-state index in [-0.39, 0.29) is 16.7 Å². The third kappa shape index (κ3) is 2.90. The second-order valence-corrected chi connectivity index (χ2v) is 5.21. The average molecular weight is 277 g/mol. The van der Waals surface area contributed by atoms with Crippen molar-refractivity contribution in [3.05, 3.63) is 50.0 Å². The normalized spacial score (nSPS) is 12.2. The van der Waals surface area contributed by atoms with Crippen LogP contribution in [0.4, 0.5) is 11.4 Å². The smallest absolute Gasteiger partial charge is 0.274 e. The molecule has 0 spiro atoms. The Hall–Kier alpha value is -1.95. The minimum absolute atomic E-state index is 0.0206. The molecule has 1 N–H and O–H groups in total. The molecule has 100 valence electrons. The van der Waals surface area contributed by atoms with Gasteiger partial charge in [-0.05, 0) is 32.4 Å². The van der Waals surface area contributed by atoms with Crippen LogP contribution in [0.2, 0.25) is 0 Å². The molecule has 0 aliphatic heterocycles. The first-order valence-electron chi connectivity index (χ1n) is 5.89. The highest BCUT2D eigenvalue weighted by Gasteiger charge is 2.15. The molecular weight excluding hydrogens is 262 g/mol. The van der Waals surface area contributed by atoms with Gasteiger partial charge in [0.25, 0.3) is 5.69 Å². The fraction of sp³-hybridized carbons (Fsp3) is 0.308. The second-order valence-electron chi connectivity index (χ2n) is 4.49. The van der Waals surface area contributed by atoms with E-state index < -0.39 is 0 Å². The third-order valence-electron chi connectivity index (χ3n) is 3.01. The van der Waals surface area contributed by atoms with Crippen molar-refractivity contribution in [2.75, 3.05) is 5.32 Å². The molecule has 1 atom stereocenters. The zero-order valence-corrected chi connectivity index (χ0v) is 11.8. The lowest BCUT2D eigenvalue weighted by Gasteiger charge is -2.15. The number of anilines is 1. The molecule has 1 unspecified atom stereocenters. The molecule has 0 saturated heterocycles. The molecule has 0 bridgehead atoms. The van der Waals surface area contributed by atoms with E-state index in [0.29, 0.717) is 5.56 Å². The summed E-state index contributed by atoms with van der Waals surface area (Å²) in [6.45, 7) is 5.67. The van der Waals surface area contributed by atoms with E-state index in [2.05, 4.69) is 10.3 Å². The van der Waals surface area contributed by atoms with E-state index in [1.807, 2.05) is 25.3 Å². The monoisotopic (exact) mass is 277 g/mol. The molecular formula is C13H15N3O2S. The van der Waals surface area contributed by atoms with Crippen LogP contribution in [0, 0.1) is 24.0 Å². The number of nitrogens with zero attached hydrogens (tertiary/aromatic N) is 2. The SMILES string of the molecule is Cc1cc(C)c([N+](=O)[O-])cc1NC(C)c1cscn1. The molecule has 0 saturated carbocycles. The maximum atomic E-state index is 11.0. The Kier molecular flexibility index (Phi) is 3.80. The number of rotatable bonds is 4. The highest BCUT2D eigenvalue weighted by Crippen LogP contribution is 2.29. The van der Waals surface area contributed by atoms with Crippen molar-refractivity contribution in [3.8, 4) is 0 Å². The molecule has 1 heterocycles. The Bertz CT molecular complexity index is 596. The summed E-state index contributed by atoms with van der Waals surface area (Å²) in [5.74, 6) is 0. The van der Waals surface area contributed by atoms with E-state index >= 15 is 0 Å². The summed E-state index contributed by atoms with van der Waals surface area (Å²) in [6.07, 6.45) is 0. The molecule has 0 aliphatic carbocycles. The molecule has 0 radical (unpaired) electrons. The van der Waals surface area contributed by atoms with Crippen LogP contribution in [-0.4, -0.2) is 9.91 Å². The number of thiazole rings is 1. The standard InChI is InChI=1S/C13H15N3O2S/c1-8-4-9(2)13(16(17)18)5-11(8)15-10(3)12-6-19-7-14-12/h4-7,10,15H,1-3H3. The second kappa shape index (κ2) is 5.36.